The van der Waals surface area contributed by atoms with Crippen LogP contribution in [0.1, 0.15) is 37.3 Å². The molecule has 1 heterocycles. The van der Waals surface area contributed by atoms with Crippen molar-refractivity contribution in [3.8, 4) is 11.5 Å². The lowest BCUT2D eigenvalue weighted by Crippen LogP contribution is -2.39. The number of nitrogens with zero attached hydrogens (tertiary/aromatic N) is 1. The predicted octanol–water partition coefficient (Wildman–Crippen LogP) is 2.63. The zero-order chi connectivity index (χ0) is 17.8. The Balaban J connectivity index is 1.53. The zero-order valence-corrected chi connectivity index (χ0v) is 15.7. The highest BCUT2D eigenvalue weighted by atomic mass is 16.5. The van der Waals surface area contributed by atoms with Crippen molar-refractivity contribution in [2.45, 2.75) is 51.4 Å². The van der Waals surface area contributed by atoms with Crippen LogP contribution in [-0.4, -0.2) is 56.1 Å². The minimum absolute atomic E-state index is 0.327. The summed E-state index contributed by atoms with van der Waals surface area (Å²) in [6.07, 6.45) is 4.48. The van der Waals surface area contributed by atoms with Crippen molar-refractivity contribution in [2.75, 3.05) is 33.9 Å². The lowest BCUT2D eigenvalue weighted by molar-refractivity contribution is -0.0329. The van der Waals surface area contributed by atoms with Crippen LogP contribution >= 0.6 is 0 Å². The summed E-state index contributed by atoms with van der Waals surface area (Å²) in [5.41, 5.74) is 2.56. The van der Waals surface area contributed by atoms with Gasteiger partial charge in [-0.15, -0.1) is 0 Å². The van der Waals surface area contributed by atoms with Gasteiger partial charge in [-0.2, -0.15) is 0 Å². The number of hydrogen-bond acceptors (Lipinski definition) is 5. The van der Waals surface area contributed by atoms with E-state index >= 15 is 0 Å². The monoisotopic (exact) mass is 349 g/mol. The Morgan fingerprint density at radius 1 is 1.16 bits per heavy atom. The molecule has 5 heteroatoms. The minimum Gasteiger partial charge on any atom is -0.493 e. The van der Waals surface area contributed by atoms with E-state index in [1.807, 2.05) is 0 Å². The first kappa shape index (κ1) is 18.5. The van der Waals surface area contributed by atoms with E-state index in [0.717, 1.165) is 37.4 Å². The average Bonchev–Trinajstić information content (AvgIpc) is 3.03. The molecule has 0 amide bonds. The second kappa shape index (κ2) is 8.39. The molecule has 1 saturated carbocycles. The van der Waals surface area contributed by atoms with Gasteiger partial charge in [0.15, 0.2) is 11.5 Å². The van der Waals surface area contributed by atoms with Crippen molar-refractivity contribution < 1.29 is 19.3 Å². The zero-order valence-electron chi connectivity index (χ0n) is 15.7. The quantitative estimate of drug-likeness (QED) is 0.820. The van der Waals surface area contributed by atoms with Crippen molar-refractivity contribution in [1.29, 1.82) is 0 Å². The van der Waals surface area contributed by atoms with Crippen molar-refractivity contribution in [3.05, 3.63) is 23.3 Å². The number of fused-ring (bicyclic) bond motifs is 1. The molecule has 25 heavy (non-hydrogen) atoms. The summed E-state index contributed by atoms with van der Waals surface area (Å²) < 4.78 is 16.7. The molecular formula is C20H31NO4. The van der Waals surface area contributed by atoms with E-state index in [2.05, 4.69) is 24.0 Å². The molecule has 1 aromatic carbocycles. The largest absolute Gasteiger partial charge is 0.493 e. The first-order valence-corrected chi connectivity index (χ1v) is 9.36. The van der Waals surface area contributed by atoms with Crippen LogP contribution in [0.25, 0.3) is 0 Å². The molecule has 0 aromatic heterocycles. The smallest absolute Gasteiger partial charge is 0.161 e. The van der Waals surface area contributed by atoms with Crippen molar-refractivity contribution in [3.63, 3.8) is 0 Å². The molecule has 5 nitrogen and oxygen atoms in total. The number of aliphatic hydroxyl groups excluding tert-OH is 1. The number of rotatable bonds is 7. The molecule has 0 bridgehead atoms. The average molecular weight is 349 g/mol. The molecule has 3 atom stereocenters. The molecule has 0 unspecified atom stereocenters. The van der Waals surface area contributed by atoms with E-state index in [4.69, 9.17) is 14.2 Å². The van der Waals surface area contributed by atoms with Gasteiger partial charge in [0, 0.05) is 19.6 Å². The van der Waals surface area contributed by atoms with E-state index in [1.54, 1.807) is 14.2 Å². The molecule has 1 fully saturated rings. The fraction of sp³-hybridized carbons (Fsp3) is 0.700. The maximum atomic E-state index is 10.4. The Morgan fingerprint density at radius 2 is 1.88 bits per heavy atom. The maximum Gasteiger partial charge on any atom is 0.161 e. The van der Waals surface area contributed by atoms with E-state index in [0.29, 0.717) is 25.2 Å². The minimum atomic E-state index is -0.436. The van der Waals surface area contributed by atoms with Crippen molar-refractivity contribution in [1.82, 2.24) is 4.90 Å². The number of β-amino-alcohol motifs (C(OH)–C–C–N with tert-alkyl or cyclic N) is 1. The third-order valence-electron chi connectivity index (χ3n) is 5.55. The Hall–Kier alpha value is -1.30. The van der Waals surface area contributed by atoms with Gasteiger partial charge < -0.3 is 19.3 Å². The lowest BCUT2D eigenvalue weighted by atomic mass is 9.98. The van der Waals surface area contributed by atoms with E-state index in [-0.39, 0.29) is 0 Å². The molecule has 2 aliphatic rings. The van der Waals surface area contributed by atoms with Gasteiger partial charge in [0.2, 0.25) is 0 Å². The SMILES string of the molecule is COc1cc2c(cc1OC)CN(C[C@H](O)CO[C@H]1CCC[C@@H]1C)CC2. The van der Waals surface area contributed by atoms with Crippen LogP contribution in [0.3, 0.4) is 0 Å². The summed E-state index contributed by atoms with van der Waals surface area (Å²) in [7, 11) is 3.33. The molecule has 0 saturated heterocycles. The van der Waals surface area contributed by atoms with Crippen LogP contribution in [-0.2, 0) is 17.7 Å². The number of methoxy groups -OCH3 is 2. The van der Waals surface area contributed by atoms with E-state index < -0.39 is 6.10 Å². The molecule has 1 N–H and O–H groups in total. The van der Waals surface area contributed by atoms with Crippen LogP contribution in [0.2, 0.25) is 0 Å². The van der Waals surface area contributed by atoms with Crippen LogP contribution in [0.5, 0.6) is 11.5 Å². The number of hydrogen-bond donors (Lipinski definition) is 1. The normalized spacial score (nSPS) is 24.8. The second-order valence-corrected chi connectivity index (χ2v) is 7.39. The van der Waals surface area contributed by atoms with E-state index in [9.17, 15) is 5.11 Å². The maximum absolute atomic E-state index is 10.4. The number of benzene rings is 1. The summed E-state index contributed by atoms with van der Waals surface area (Å²) in [5.74, 6) is 2.17. The molecule has 0 spiro atoms. The molecule has 1 aliphatic carbocycles. The molecule has 1 aromatic rings. The van der Waals surface area contributed by atoms with Crippen LogP contribution in [0.4, 0.5) is 0 Å². The third-order valence-corrected chi connectivity index (χ3v) is 5.55. The molecule has 0 radical (unpaired) electrons. The van der Waals surface area contributed by atoms with E-state index in [1.165, 1.54) is 24.0 Å². The van der Waals surface area contributed by atoms with Gasteiger partial charge >= 0.3 is 0 Å². The topological polar surface area (TPSA) is 51.2 Å². The summed E-state index contributed by atoms with van der Waals surface area (Å²) in [6.45, 7) is 5.10. The highest BCUT2D eigenvalue weighted by molar-refractivity contribution is 5.48. The highest BCUT2D eigenvalue weighted by Gasteiger charge is 2.26. The van der Waals surface area contributed by atoms with Gasteiger partial charge in [0.25, 0.3) is 0 Å². The first-order chi connectivity index (χ1) is 12.1. The van der Waals surface area contributed by atoms with Crippen LogP contribution in [0, 0.1) is 5.92 Å². The first-order valence-electron chi connectivity index (χ1n) is 9.36. The predicted molar refractivity (Wildman–Crippen MR) is 97.3 cm³/mol. The Bertz CT molecular complexity index is 577. The summed E-state index contributed by atoms with van der Waals surface area (Å²) in [6, 6.07) is 4.13. The fourth-order valence-corrected chi connectivity index (χ4v) is 4.04. The van der Waals surface area contributed by atoms with Gasteiger partial charge in [-0.25, -0.2) is 0 Å². The van der Waals surface area contributed by atoms with Gasteiger partial charge in [-0.3, -0.25) is 4.90 Å². The summed E-state index contributed by atoms with van der Waals surface area (Å²) in [4.78, 5) is 2.29. The number of aliphatic hydroxyl groups is 1. The Morgan fingerprint density at radius 3 is 2.52 bits per heavy atom. The molecule has 140 valence electrons. The van der Waals surface area contributed by atoms with Gasteiger partial charge in [-0.05, 0) is 48.4 Å². The van der Waals surface area contributed by atoms with Gasteiger partial charge in [-0.1, -0.05) is 13.3 Å². The molecule has 1 aliphatic heterocycles. The second-order valence-electron chi connectivity index (χ2n) is 7.39. The van der Waals surface area contributed by atoms with Crippen LogP contribution in [0.15, 0.2) is 12.1 Å². The summed E-state index contributed by atoms with van der Waals surface area (Å²) >= 11 is 0. The Kier molecular flexibility index (Phi) is 6.20. The molecular weight excluding hydrogens is 318 g/mol. The highest BCUT2D eigenvalue weighted by Crippen LogP contribution is 2.33. The van der Waals surface area contributed by atoms with Crippen molar-refractivity contribution in [2.24, 2.45) is 5.92 Å². The van der Waals surface area contributed by atoms with Crippen LogP contribution < -0.4 is 9.47 Å². The van der Waals surface area contributed by atoms with Gasteiger partial charge in [0.1, 0.15) is 0 Å². The number of ether oxygens (including phenoxy) is 3. The van der Waals surface area contributed by atoms with Crippen molar-refractivity contribution >= 4 is 0 Å². The Labute approximate surface area is 150 Å². The van der Waals surface area contributed by atoms with Gasteiger partial charge in [0.05, 0.1) is 33.0 Å². The molecule has 3 rings (SSSR count). The standard InChI is InChI=1S/C20H31NO4/c1-14-5-4-6-18(14)25-13-17(22)12-21-8-7-15-9-19(23-2)20(24-3)10-16(15)11-21/h9-10,14,17-18,22H,4-8,11-13H2,1-3H3/t14-,17-,18-/m0/s1. The lowest BCUT2D eigenvalue weighted by Gasteiger charge is -2.31. The fourth-order valence-electron chi connectivity index (χ4n) is 4.04. The summed E-state index contributed by atoms with van der Waals surface area (Å²) in [5, 5.41) is 10.4. The third kappa shape index (κ3) is 4.46.